The van der Waals surface area contributed by atoms with Gasteiger partial charge in [0, 0.05) is 17.5 Å². The Morgan fingerprint density at radius 2 is 2.04 bits per heavy atom. The molecule has 2 aromatic rings. The molecule has 1 aromatic heterocycles. The van der Waals surface area contributed by atoms with E-state index in [-0.39, 0.29) is 18.1 Å². The molecule has 0 unspecified atom stereocenters. The van der Waals surface area contributed by atoms with E-state index in [9.17, 15) is 9.59 Å². The van der Waals surface area contributed by atoms with Crippen molar-refractivity contribution in [3.8, 4) is 5.75 Å². The maximum atomic E-state index is 12.1. The van der Waals surface area contributed by atoms with Crippen molar-refractivity contribution in [2.75, 3.05) is 19.4 Å². The molecule has 1 aromatic carbocycles. The maximum Gasteiger partial charge on any atom is 0.226 e. The summed E-state index contributed by atoms with van der Waals surface area (Å²) in [7, 11) is 1.59. The highest BCUT2D eigenvalue weighted by Crippen LogP contribution is 2.24. The predicted octanol–water partition coefficient (Wildman–Crippen LogP) is 2.81. The molecule has 1 N–H and O–H groups in total. The molecule has 0 aliphatic heterocycles. The lowest BCUT2D eigenvalue weighted by Gasteiger charge is -2.02. The van der Waals surface area contributed by atoms with Crippen LogP contribution in [0.25, 0.3) is 0 Å². The summed E-state index contributed by atoms with van der Waals surface area (Å²) in [6, 6.07) is 7.05. The van der Waals surface area contributed by atoms with Crippen molar-refractivity contribution in [1.82, 2.24) is 10.3 Å². The number of benzene rings is 1. The van der Waals surface area contributed by atoms with Crippen LogP contribution in [0, 0.1) is 0 Å². The third-order valence-electron chi connectivity index (χ3n) is 2.99. The standard InChI is InChI=1S/C16H18N2O3S2/c1-3-17-15(20)8-12-9-22-16(18-12)23-10-14(19)11-4-6-13(21-2)7-5-11/h4-7,9H,3,8,10H2,1-2H3,(H,17,20). The van der Waals surface area contributed by atoms with Crippen LogP contribution < -0.4 is 10.1 Å². The van der Waals surface area contributed by atoms with Gasteiger partial charge in [-0.15, -0.1) is 11.3 Å². The fraction of sp³-hybridized carbons (Fsp3) is 0.312. The van der Waals surface area contributed by atoms with Gasteiger partial charge in [0.2, 0.25) is 5.91 Å². The SMILES string of the molecule is CCNC(=O)Cc1csc(SCC(=O)c2ccc(OC)cc2)n1. The lowest BCUT2D eigenvalue weighted by molar-refractivity contribution is -0.120. The van der Waals surface area contributed by atoms with Gasteiger partial charge in [0.1, 0.15) is 5.75 Å². The minimum absolute atomic E-state index is 0.0383. The van der Waals surface area contributed by atoms with E-state index in [0.29, 0.717) is 17.9 Å². The Hall–Kier alpha value is -1.86. The lowest BCUT2D eigenvalue weighted by atomic mass is 10.1. The first-order valence-corrected chi connectivity index (χ1v) is 9.00. The number of ketones is 1. The monoisotopic (exact) mass is 350 g/mol. The first kappa shape index (κ1) is 17.5. The van der Waals surface area contributed by atoms with Crippen LogP contribution in [0.15, 0.2) is 34.0 Å². The van der Waals surface area contributed by atoms with Gasteiger partial charge in [-0.25, -0.2) is 4.98 Å². The highest BCUT2D eigenvalue weighted by Gasteiger charge is 2.11. The van der Waals surface area contributed by atoms with Gasteiger partial charge >= 0.3 is 0 Å². The molecule has 0 spiro atoms. The predicted molar refractivity (Wildman–Crippen MR) is 92.6 cm³/mol. The average Bonchev–Trinajstić information content (AvgIpc) is 3.00. The molecule has 0 saturated carbocycles. The van der Waals surface area contributed by atoms with Gasteiger partial charge in [-0.3, -0.25) is 9.59 Å². The second kappa shape index (κ2) is 8.69. The van der Waals surface area contributed by atoms with Gasteiger partial charge in [-0.05, 0) is 31.2 Å². The fourth-order valence-corrected chi connectivity index (χ4v) is 3.59. The highest BCUT2D eigenvalue weighted by molar-refractivity contribution is 8.01. The van der Waals surface area contributed by atoms with Crippen molar-refractivity contribution in [2.45, 2.75) is 17.7 Å². The van der Waals surface area contributed by atoms with Crippen LogP contribution in [0.2, 0.25) is 0 Å². The summed E-state index contributed by atoms with van der Waals surface area (Å²) in [5.41, 5.74) is 1.39. The van der Waals surface area contributed by atoms with E-state index >= 15 is 0 Å². The molecule has 1 amide bonds. The number of hydrogen-bond donors (Lipinski definition) is 1. The molecular formula is C16H18N2O3S2. The molecule has 2 rings (SSSR count). The first-order valence-electron chi connectivity index (χ1n) is 7.13. The maximum absolute atomic E-state index is 12.1. The molecule has 0 atom stereocenters. The second-order valence-corrected chi connectivity index (χ2v) is 6.76. The Kier molecular flexibility index (Phi) is 6.61. The number of nitrogens with one attached hydrogen (secondary N) is 1. The van der Waals surface area contributed by atoms with E-state index in [0.717, 1.165) is 15.8 Å². The van der Waals surface area contributed by atoms with Crippen molar-refractivity contribution in [1.29, 1.82) is 0 Å². The van der Waals surface area contributed by atoms with E-state index in [1.54, 1.807) is 31.4 Å². The molecule has 0 aliphatic carbocycles. The van der Waals surface area contributed by atoms with Gasteiger partial charge in [0.15, 0.2) is 10.1 Å². The zero-order valence-corrected chi connectivity index (χ0v) is 14.6. The number of thioether (sulfide) groups is 1. The van der Waals surface area contributed by atoms with Crippen LogP contribution in [0.1, 0.15) is 23.0 Å². The van der Waals surface area contributed by atoms with Crippen LogP contribution in [-0.4, -0.2) is 36.1 Å². The largest absolute Gasteiger partial charge is 0.497 e. The average molecular weight is 350 g/mol. The van der Waals surface area contributed by atoms with Crippen LogP contribution in [0.4, 0.5) is 0 Å². The number of methoxy groups -OCH3 is 1. The third kappa shape index (κ3) is 5.37. The van der Waals surface area contributed by atoms with Crippen molar-refractivity contribution < 1.29 is 14.3 Å². The Balaban J connectivity index is 1.86. The summed E-state index contributed by atoms with van der Waals surface area (Å²) in [5, 5.41) is 4.60. The smallest absolute Gasteiger partial charge is 0.226 e. The highest BCUT2D eigenvalue weighted by atomic mass is 32.2. The van der Waals surface area contributed by atoms with Gasteiger partial charge in [0.25, 0.3) is 0 Å². The molecule has 23 heavy (non-hydrogen) atoms. The van der Waals surface area contributed by atoms with Gasteiger partial charge in [-0.1, -0.05) is 11.8 Å². The van der Waals surface area contributed by atoms with E-state index in [2.05, 4.69) is 10.3 Å². The number of carbonyl (C=O) groups is 2. The number of thiazole rings is 1. The molecule has 7 heteroatoms. The zero-order chi connectivity index (χ0) is 16.7. The minimum atomic E-state index is -0.0383. The number of hydrogen-bond acceptors (Lipinski definition) is 6. The summed E-state index contributed by atoms with van der Waals surface area (Å²) in [4.78, 5) is 28.0. The van der Waals surface area contributed by atoms with Crippen molar-refractivity contribution >= 4 is 34.8 Å². The molecule has 0 saturated heterocycles. The molecule has 5 nitrogen and oxygen atoms in total. The number of carbonyl (C=O) groups excluding carboxylic acids is 2. The summed E-state index contributed by atoms with van der Waals surface area (Å²) in [6.45, 7) is 2.49. The summed E-state index contributed by atoms with van der Waals surface area (Å²) in [5.74, 6) is 1.05. The van der Waals surface area contributed by atoms with Gasteiger partial charge in [-0.2, -0.15) is 0 Å². The Labute approximate surface area is 143 Å². The minimum Gasteiger partial charge on any atom is -0.497 e. The lowest BCUT2D eigenvalue weighted by Crippen LogP contribution is -2.24. The van der Waals surface area contributed by atoms with E-state index < -0.39 is 0 Å². The van der Waals surface area contributed by atoms with Gasteiger partial charge in [0.05, 0.1) is 25.0 Å². The van der Waals surface area contributed by atoms with Crippen molar-refractivity contribution in [3.63, 3.8) is 0 Å². The number of likely N-dealkylation sites (N-methyl/N-ethyl adjacent to an activating group) is 1. The summed E-state index contributed by atoms with van der Waals surface area (Å²) >= 11 is 2.84. The molecule has 0 bridgehead atoms. The number of amides is 1. The zero-order valence-electron chi connectivity index (χ0n) is 13.0. The van der Waals surface area contributed by atoms with Crippen LogP contribution in [-0.2, 0) is 11.2 Å². The molecular weight excluding hydrogens is 332 g/mol. The Morgan fingerprint density at radius 3 is 2.70 bits per heavy atom. The third-order valence-corrected chi connectivity index (χ3v) is 5.05. The molecule has 0 fully saturated rings. The summed E-state index contributed by atoms with van der Waals surface area (Å²) < 4.78 is 5.87. The fourth-order valence-electron chi connectivity index (χ4n) is 1.85. The molecule has 0 aliphatic rings. The van der Waals surface area contributed by atoms with E-state index in [1.807, 2.05) is 12.3 Å². The first-order chi connectivity index (χ1) is 11.1. The summed E-state index contributed by atoms with van der Waals surface area (Å²) in [6.07, 6.45) is 0.275. The Bertz CT molecular complexity index is 668. The quantitative estimate of drug-likeness (QED) is 0.586. The van der Waals surface area contributed by atoms with E-state index in [4.69, 9.17) is 4.74 Å². The van der Waals surface area contributed by atoms with Crippen molar-refractivity contribution in [3.05, 3.63) is 40.9 Å². The molecule has 0 radical (unpaired) electrons. The molecule has 122 valence electrons. The van der Waals surface area contributed by atoms with Crippen LogP contribution >= 0.6 is 23.1 Å². The molecule has 1 heterocycles. The number of rotatable bonds is 8. The van der Waals surface area contributed by atoms with Crippen LogP contribution in [0.5, 0.6) is 5.75 Å². The number of nitrogens with zero attached hydrogens (tertiary/aromatic N) is 1. The number of aromatic nitrogens is 1. The number of ether oxygens (including phenoxy) is 1. The second-order valence-electron chi connectivity index (χ2n) is 4.68. The normalized spacial score (nSPS) is 10.3. The van der Waals surface area contributed by atoms with Crippen molar-refractivity contribution in [2.24, 2.45) is 0 Å². The Morgan fingerprint density at radius 1 is 1.30 bits per heavy atom. The van der Waals surface area contributed by atoms with E-state index in [1.165, 1.54) is 23.1 Å². The van der Waals surface area contributed by atoms with Crippen LogP contribution in [0.3, 0.4) is 0 Å². The number of Topliss-reactive ketones (excluding diaryl/α,β-unsaturated/α-hetero) is 1. The van der Waals surface area contributed by atoms with Gasteiger partial charge < -0.3 is 10.1 Å². The topological polar surface area (TPSA) is 68.3 Å².